The first-order valence-electron chi connectivity index (χ1n) is 6.08. The summed E-state index contributed by atoms with van der Waals surface area (Å²) in [6.07, 6.45) is -1.84. The molecule has 1 fully saturated rings. The first-order chi connectivity index (χ1) is 8.97. The second kappa shape index (κ2) is 5.00. The highest BCUT2D eigenvalue weighted by atomic mass is 35.5. The van der Waals surface area contributed by atoms with E-state index >= 15 is 0 Å². The van der Waals surface area contributed by atoms with E-state index in [2.05, 4.69) is 15.0 Å². The zero-order valence-corrected chi connectivity index (χ0v) is 11.2. The fraction of sp³-hybridized carbons (Fsp3) is 0.500. The topological polar surface area (TPSA) is 41.6 Å². The molecule has 7 heteroatoms. The van der Waals surface area contributed by atoms with Crippen LogP contribution in [0.2, 0.25) is 5.15 Å². The predicted octanol–water partition coefficient (Wildman–Crippen LogP) is 4.53. The second-order valence-corrected chi connectivity index (χ2v) is 4.44. The first-order valence-corrected chi connectivity index (χ1v) is 6.46. The van der Waals surface area contributed by atoms with Gasteiger partial charge in [0.05, 0.1) is 0 Å². The molecule has 0 aromatic carbocycles. The number of nitrogens with one attached hydrogen (secondary N) is 1. The Morgan fingerprint density at radius 1 is 1.32 bits per heavy atom. The molecule has 0 unspecified atom stereocenters. The predicted molar refractivity (Wildman–Crippen MR) is 67.2 cm³/mol. The standard InChI is InChI=1S/C10H7ClF3N3.C2H6/c11-8-7-6(5(3-15-8)10(12,13)14)16-9(17-7)4-1-2-4;1-2/h3-4H,1-2H2,(H,16,17);1-2H3. The van der Waals surface area contributed by atoms with Crippen molar-refractivity contribution in [3.05, 3.63) is 22.7 Å². The highest BCUT2D eigenvalue weighted by Gasteiger charge is 2.36. The SMILES string of the molecule is CC.FC(F)(F)c1cnc(Cl)c2[nH]c(C3CC3)nc12. The molecule has 0 bridgehead atoms. The third-order valence-corrected chi connectivity index (χ3v) is 3.05. The molecule has 1 aliphatic rings. The van der Waals surface area contributed by atoms with Crippen LogP contribution in [0.15, 0.2) is 6.20 Å². The molecular formula is C12H13ClF3N3. The van der Waals surface area contributed by atoms with E-state index in [0.29, 0.717) is 5.82 Å². The van der Waals surface area contributed by atoms with E-state index in [1.165, 1.54) is 0 Å². The summed E-state index contributed by atoms with van der Waals surface area (Å²) in [5.41, 5.74) is -0.817. The molecule has 0 aliphatic heterocycles. The lowest BCUT2D eigenvalue weighted by molar-refractivity contribution is -0.136. The smallest absolute Gasteiger partial charge is 0.339 e. The molecule has 0 saturated heterocycles. The van der Waals surface area contributed by atoms with Gasteiger partial charge in [-0.15, -0.1) is 0 Å². The maximum atomic E-state index is 12.7. The van der Waals surface area contributed by atoms with E-state index in [0.717, 1.165) is 19.0 Å². The highest BCUT2D eigenvalue weighted by Crippen LogP contribution is 2.41. The molecule has 1 aliphatic carbocycles. The average molecular weight is 292 g/mol. The number of alkyl halides is 3. The van der Waals surface area contributed by atoms with Gasteiger partial charge in [-0.25, -0.2) is 9.97 Å². The number of pyridine rings is 1. The third kappa shape index (κ3) is 2.68. The lowest BCUT2D eigenvalue weighted by atomic mass is 10.2. The monoisotopic (exact) mass is 291 g/mol. The maximum Gasteiger partial charge on any atom is 0.420 e. The summed E-state index contributed by atoms with van der Waals surface area (Å²) in [7, 11) is 0. The fourth-order valence-electron chi connectivity index (χ4n) is 1.74. The first kappa shape index (κ1) is 14.1. The Bertz CT molecular complexity index is 588. The largest absolute Gasteiger partial charge is 0.420 e. The number of imidazole rings is 1. The van der Waals surface area contributed by atoms with Crippen molar-refractivity contribution < 1.29 is 13.2 Å². The molecule has 3 rings (SSSR count). The Morgan fingerprint density at radius 2 is 1.95 bits per heavy atom. The van der Waals surface area contributed by atoms with Crippen LogP contribution >= 0.6 is 11.6 Å². The van der Waals surface area contributed by atoms with Crippen LogP contribution in [0.5, 0.6) is 0 Å². The Kier molecular flexibility index (Phi) is 3.71. The number of aromatic nitrogens is 3. The van der Waals surface area contributed by atoms with E-state index in [4.69, 9.17) is 11.6 Å². The molecule has 2 heterocycles. The number of aromatic amines is 1. The van der Waals surface area contributed by atoms with Gasteiger partial charge in [-0.1, -0.05) is 25.4 Å². The molecule has 0 amide bonds. The van der Waals surface area contributed by atoms with Crippen molar-refractivity contribution in [3.63, 3.8) is 0 Å². The van der Waals surface area contributed by atoms with Gasteiger partial charge in [0.2, 0.25) is 0 Å². The van der Waals surface area contributed by atoms with Crippen LogP contribution in [0.4, 0.5) is 13.2 Å². The minimum absolute atomic E-state index is 0.0207. The average Bonchev–Trinajstić information content (AvgIpc) is 3.10. The van der Waals surface area contributed by atoms with Crippen molar-refractivity contribution in [3.8, 4) is 0 Å². The molecule has 2 aromatic heterocycles. The summed E-state index contributed by atoms with van der Waals surface area (Å²) in [5, 5.41) is 0.0207. The summed E-state index contributed by atoms with van der Waals surface area (Å²) in [5.74, 6) is 0.806. The number of nitrogens with zero attached hydrogens (tertiary/aromatic N) is 2. The van der Waals surface area contributed by atoms with E-state index in [1.807, 2.05) is 13.8 Å². The van der Waals surface area contributed by atoms with Gasteiger partial charge in [-0.3, -0.25) is 0 Å². The summed E-state index contributed by atoms with van der Waals surface area (Å²) >= 11 is 5.77. The van der Waals surface area contributed by atoms with Gasteiger partial charge < -0.3 is 4.98 Å². The molecule has 104 valence electrons. The molecule has 3 nitrogen and oxygen atoms in total. The maximum absolute atomic E-state index is 12.7. The van der Waals surface area contributed by atoms with Crippen molar-refractivity contribution >= 4 is 22.6 Å². The van der Waals surface area contributed by atoms with E-state index in [-0.39, 0.29) is 22.1 Å². The van der Waals surface area contributed by atoms with Gasteiger partial charge in [-0.05, 0) is 12.8 Å². The van der Waals surface area contributed by atoms with Crippen LogP contribution in [0, 0.1) is 0 Å². The van der Waals surface area contributed by atoms with Crippen molar-refractivity contribution in [2.45, 2.75) is 38.8 Å². The van der Waals surface area contributed by atoms with Gasteiger partial charge in [0.1, 0.15) is 22.4 Å². The number of H-pyrrole nitrogens is 1. The number of rotatable bonds is 1. The summed E-state index contributed by atoms with van der Waals surface area (Å²) < 4.78 is 38.2. The number of hydrogen-bond donors (Lipinski definition) is 1. The van der Waals surface area contributed by atoms with Gasteiger partial charge in [0.15, 0.2) is 5.15 Å². The molecule has 0 radical (unpaired) electrons. The lowest BCUT2D eigenvalue weighted by Crippen LogP contribution is -2.06. The van der Waals surface area contributed by atoms with Gasteiger partial charge in [-0.2, -0.15) is 13.2 Å². The fourth-order valence-corrected chi connectivity index (χ4v) is 1.93. The molecular weight excluding hydrogens is 279 g/mol. The van der Waals surface area contributed by atoms with Crippen LogP contribution in [-0.4, -0.2) is 15.0 Å². The zero-order valence-electron chi connectivity index (χ0n) is 10.5. The zero-order chi connectivity index (χ0) is 14.2. The lowest BCUT2D eigenvalue weighted by Gasteiger charge is -2.06. The van der Waals surface area contributed by atoms with Crippen LogP contribution in [0.1, 0.15) is 44.0 Å². The molecule has 1 saturated carbocycles. The highest BCUT2D eigenvalue weighted by molar-refractivity contribution is 6.33. The van der Waals surface area contributed by atoms with Gasteiger partial charge in [0, 0.05) is 12.1 Å². The number of hydrogen-bond acceptors (Lipinski definition) is 2. The van der Waals surface area contributed by atoms with Crippen molar-refractivity contribution in [2.24, 2.45) is 0 Å². The van der Waals surface area contributed by atoms with Crippen molar-refractivity contribution in [1.82, 2.24) is 15.0 Å². The second-order valence-electron chi connectivity index (χ2n) is 4.08. The van der Waals surface area contributed by atoms with Gasteiger partial charge in [0.25, 0.3) is 0 Å². The Labute approximate surface area is 113 Å². The molecule has 0 spiro atoms. The summed E-state index contributed by atoms with van der Waals surface area (Å²) in [6, 6.07) is 0. The van der Waals surface area contributed by atoms with Crippen molar-refractivity contribution in [2.75, 3.05) is 0 Å². The Hall–Kier alpha value is -1.30. The van der Waals surface area contributed by atoms with E-state index in [1.54, 1.807) is 0 Å². The van der Waals surface area contributed by atoms with Crippen LogP contribution in [0.25, 0.3) is 11.0 Å². The third-order valence-electron chi connectivity index (χ3n) is 2.76. The minimum Gasteiger partial charge on any atom is -0.339 e. The molecule has 2 aromatic rings. The molecule has 0 atom stereocenters. The van der Waals surface area contributed by atoms with Gasteiger partial charge >= 0.3 is 6.18 Å². The molecule has 1 N–H and O–H groups in total. The Balaban J connectivity index is 0.000000637. The van der Waals surface area contributed by atoms with E-state index in [9.17, 15) is 13.2 Å². The minimum atomic E-state index is -4.47. The normalized spacial score (nSPS) is 15.3. The number of fused-ring (bicyclic) bond motifs is 1. The summed E-state index contributed by atoms with van der Waals surface area (Å²) in [4.78, 5) is 10.4. The molecule has 19 heavy (non-hydrogen) atoms. The van der Waals surface area contributed by atoms with Crippen LogP contribution < -0.4 is 0 Å². The summed E-state index contributed by atoms with van der Waals surface area (Å²) in [6.45, 7) is 4.00. The number of halogens is 4. The van der Waals surface area contributed by atoms with Crippen LogP contribution in [0.3, 0.4) is 0 Å². The van der Waals surface area contributed by atoms with Crippen molar-refractivity contribution in [1.29, 1.82) is 0 Å². The Morgan fingerprint density at radius 3 is 2.47 bits per heavy atom. The van der Waals surface area contributed by atoms with E-state index < -0.39 is 11.7 Å². The quantitative estimate of drug-likeness (QED) is 0.784. The van der Waals surface area contributed by atoms with Crippen LogP contribution in [-0.2, 0) is 6.18 Å².